The van der Waals surface area contributed by atoms with Crippen molar-refractivity contribution < 1.29 is 9.84 Å². The van der Waals surface area contributed by atoms with Gasteiger partial charge in [0.1, 0.15) is 16.8 Å². The first-order valence-electron chi connectivity index (χ1n) is 11.5. The first kappa shape index (κ1) is 26.2. The van der Waals surface area contributed by atoms with E-state index in [9.17, 15) is 5.11 Å². The molecule has 0 aliphatic heterocycles. The molecule has 11 heteroatoms. The number of anilines is 2. The van der Waals surface area contributed by atoms with E-state index >= 15 is 0 Å². The van der Waals surface area contributed by atoms with Gasteiger partial charge < -0.3 is 20.5 Å². The van der Waals surface area contributed by atoms with Crippen LogP contribution in [0.25, 0.3) is 11.3 Å². The van der Waals surface area contributed by atoms with Crippen molar-refractivity contribution in [2.24, 2.45) is 0 Å². The van der Waals surface area contributed by atoms with E-state index < -0.39 is 0 Å². The Balaban J connectivity index is 0.000000194. The highest BCUT2D eigenvalue weighted by Gasteiger charge is 2.07. The highest BCUT2D eigenvalue weighted by molar-refractivity contribution is 6.29. The number of pyridine rings is 2. The molecule has 0 atom stereocenters. The van der Waals surface area contributed by atoms with Crippen molar-refractivity contribution in [3.8, 4) is 22.8 Å². The highest BCUT2D eigenvalue weighted by Crippen LogP contribution is 2.30. The summed E-state index contributed by atoms with van der Waals surface area (Å²) in [5, 5.41) is 16.4. The molecule has 0 saturated carbocycles. The molecule has 0 spiro atoms. The maximum atomic E-state index is 9.67. The van der Waals surface area contributed by atoms with Crippen molar-refractivity contribution >= 4 is 23.2 Å². The largest absolute Gasteiger partial charge is 0.504 e. The van der Waals surface area contributed by atoms with Crippen molar-refractivity contribution in [3.05, 3.63) is 108 Å². The number of ether oxygens (including phenoxy) is 1. The van der Waals surface area contributed by atoms with Crippen molar-refractivity contribution in [2.45, 2.75) is 13.1 Å². The molecular weight excluding hydrogens is 504 g/mol. The van der Waals surface area contributed by atoms with Crippen LogP contribution in [0.15, 0.2) is 92.0 Å². The lowest BCUT2D eigenvalue weighted by Crippen LogP contribution is -2.02. The summed E-state index contributed by atoms with van der Waals surface area (Å²) in [5.74, 6) is 1.82. The first-order chi connectivity index (χ1) is 18.6. The molecule has 0 unspecified atom stereocenters. The lowest BCUT2D eigenvalue weighted by molar-refractivity contribution is 0.373. The summed E-state index contributed by atoms with van der Waals surface area (Å²) in [6, 6.07) is 12.8. The summed E-state index contributed by atoms with van der Waals surface area (Å²) in [7, 11) is 1.51. The summed E-state index contributed by atoms with van der Waals surface area (Å²) < 4.78 is 5.12. The fourth-order valence-corrected chi connectivity index (χ4v) is 3.39. The number of nitrogens with one attached hydrogen (secondary N) is 2. The number of halogens is 1. The molecule has 3 N–H and O–H groups in total. The van der Waals surface area contributed by atoms with Crippen LogP contribution in [0.1, 0.15) is 11.1 Å². The molecule has 192 valence electrons. The Bertz CT molecular complexity index is 1440. The van der Waals surface area contributed by atoms with Crippen LogP contribution < -0.4 is 15.4 Å². The van der Waals surface area contributed by atoms with Gasteiger partial charge in [-0.15, -0.1) is 0 Å². The average molecular weight is 529 g/mol. The second kappa shape index (κ2) is 13.5. The standard InChI is InChI=1S/C17H16N4O2.C10H9ClN4/c1-23-16-7-13(4-5-15(16)22)14-10-19-11-17(21-14)20-9-12-3-2-6-18-8-12;11-9-6-13-7-10(15-9)14-5-8-2-1-3-12-4-8/h2-8,10-11,22H,9H2,1H3,(H,20,21);1-4,6-7H,5H2,(H,14,15). The Hall–Kier alpha value is -4.83. The second-order valence-electron chi connectivity index (χ2n) is 7.83. The van der Waals surface area contributed by atoms with Gasteiger partial charge in [-0.05, 0) is 41.5 Å². The quantitative estimate of drug-likeness (QED) is 0.253. The molecule has 0 fully saturated rings. The zero-order valence-electron chi connectivity index (χ0n) is 20.5. The number of hydrogen-bond acceptors (Lipinski definition) is 10. The van der Waals surface area contributed by atoms with Crippen molar-refractivity contribution in [1.82, 2.24) is 29.9 Å². The lowest BCUT2D eigenvalue weighted by atomic mass is 10.1. The number of hydrogen-bond donors (Lipinski definition) is 3. The fourth-order valence-electron chi connectivity index (χ4n) is 3.25. The van der Waals surface area contributed by atoms with E-state index in [-0.39, 0.29) is 5.75 Å². The topological polar surface area (TPSA) is 131 Å². The van der Waals surface area contributed by atoms with Crippen LogP contribution in [-0.2, 0) is 13.1 Å². The number of nitrogens with zero attached hydrogens (tertiary/aromatic N) is 6. The van der Waals surface area contributed by atoms with E-state index in [4.69, 9.17) is 16.3 Å². The molecule has 0 bridgehead atoms. The molecule has 4 aromatic heterocycles. The van der Waals surface area contributed by atoms with Gasteiger partial charge in [-0.3, -0.25) is 19.9 Å². The third-order valence-electron chi connectivity index (χ3n) is 5.11. The van der Waals surface area contributed by atoms with Gasteiger partial charge in [-0.25, -0.2) is 9.97 Å². The van der Waals surface area contributed by atoms with Gasteiger partial charge in [0, 0.05) is 43.4 Å². The molecule has 38 heavy (non-hydrogen) atoms. The third kappa shape index (κ3) is 7.84. The molecule has 4 heterocycles. The van der Waals surface area contributed by atoms with E-state index in [1.807, 2.05) is 24.3 Å². The van der Waals surface area contributed by atoms with Gasteiger partial charge in [0.25, 0.3) is 0 Å². The van der Waals surface area contributed by atoms with Crippen molar-refractivity contribution in [1.29, 1.82) is 0 Å². The van der Waals surface area contributed by atoms with E-state index in [0.717, 1.165) is 16.7 Å². The first-order valence-corrected chi connectivity index (χ1v) is 11.9. The third-order valence-corrected chi connectivity index (χ3v) is 5.29. The van der Waals surface area contributed by atoms with Gasteiger partial charge in [-0.2, -0.15) is 0 Å². The summed E-state index contributed by atoms with van der Waals surface area (Å²) in [4.78, 5) is 24.8. The smallest absolute Gasteiger partial charge is 0.161 e. The predicted molar refractivity (Wildman–Crippen MR) is 146 cm³/mol. The van der Waals surface area contributed by atoms with Crippen LogP contribution in [0, 0.1) is 0 Å². The SMILES string of the molecule is COc1cc(-c2cncc(NCc3cccnc3)n2)ccc1O.Clc1cncc(NCc2cccnc2)n1. The Labute approximate surface area is 224 Å². The summed E-state index contributed by atoms with van der Waals surface area (Å²) >= 11 is 5.70. The molecular formula is C27H25ClN8O2. The minimum atomic E-state index is 0.0927. The summed E-state index contributed by atoms with van der Waals surface area (Å²) in [6.07, 6.45) is 13.5. The highest BCUT2D eigenvalue weighted by atomic mass is 35.5. The zero-order valence-corrected chi connectivity index (χ0v) is 21.2. The molecule has 5 aromatic rings. The number of phenols is 1. The van der Waals surface area contributed by atoms with Gasteiger partial charge >= 0.3 is 0 Å². The number of benzene rings is 1. The van der Waals surface area contributed by atoms with E-state index in [1.165, 1.54) is 13.3 Å². The van der Waals surface area contributed by atoms with Crippen LogP contribution in [0.2, 0.25) is 5.15 Å². The fraction of sp³-hybridized carbons (Fsp3) is 0.111. The monoisotopic (exact) mass is 528 g/mol. The normalized spacial score (nSPS) is 10.2. The summed E-state index contributed by atoms with van der Waals surface area (Å²) in [5.41, 5.74) is 3.65. The average Bonchev–Trinajstić information content (AvgIpc) is 2.97. The molecule has 0 radical (unpaired) electrons. The molecule has 0 amide bonds. The van der Waals surface area contributed by atoms with Crippen molar-refractivity contribution in [3.63, 3.8) is 0 Å². The maximum Gasteiger partial charge on any atom is 0.161 e. The van der Waals surface area contributed by atoms with E-state index in [2.05, 4.69) is 40.5 Å². The van der Waals surface area contributed by atoms with E-state index in [0.29, 0.717) is 41.3 Å². The Kier molecular flexibility index (Phi) is 9.30. The number of rotatable bonds is 8. The second-order valence-corrected chi connectivity index (χ2v) is 8.22. The van der Waals surface area contributed by atoms with Gasteiger partial charge in [-0.1, -0.05) is 23.7 Å². The number of aromatic nitrogens is 6. The zero-order chi connectivity index (χ0) is 26.6. The van der Waals surface area contributed by atoms with Crippen LogP contribution in [0.5, 0.6) is 11.5 Å². The van der Waals surface area contributed by atoms with Crippen LogP contribution in [0.3, 0.4) is 0 Å². The molecule has 0 aliphatic carbocycles. The molecule has 0 saturated heterocycles. The Morgan fingerprint density at radius 2 is 1.39 bits per heavy atom. The lowest BCUT2D eigenvalue weighted by Gasteiger charge is -2.09. The molecule has 0 aliphatic rings. The van der Waals surface area contributed by atoms with Gasteiger partial charge in [0.2, 0.25) is 0 Å². The van der Waals surface area contributed by atoms with Crippen LogP contribution in [-0.4, -0.2) is 42.1 Å². The van der Waals surface area contributed by atoms with Gasteiger partial charge in [0.05, 0.1) is 37.6 Å². The Morgan fingerprint density at radius 1 is 0.763 bits per heavy atom. The van der Waals surface area contributed by atoms with E-state index in [1.54, 1.807) is 61.6 Å². The predicted octanol–water partition coefficient (Wildman–Crippen LogP) is 5.00. The van der Waals surface area contributed by atoms with Gasteiger partial charge in [0.15, 0.2) is 11.5 Å². The minimum absolute atomic E-state index is 0.0927. The molecule has 10 nitrogen and oxygen atoms in total. The minimum Gasteiger partial charge on any atom is -0.504 e. The Morgan fingerprint density at radius 3 is 1.97 bits per heavy atom. The molecule has 1 aromatic carbocycles. The number of aromatic hydroxyl groups is 1. The van der Waals surface area contributed by atoms with Crippen LogP contribution in [0.4, 0.5) is 11.6 Å². The summed E-state index contributed by atoms with van der Waals surface area (Å²) in [6.45, 7) is 1.27. The van der Waals surface area contributed by atoms with Crippen molar-refractivity contribution in [2.75, 3.05) is 17.7 Å². The maximum absolute atomic E-state index is 9.67. The van der Waals surface area contributed by atoms with Crippen LogP contribution >= 0.6 is 11.6 Å². The number of methoxy groups -OCH3 is 1. The molecule has 5 rings (SSSR count). The number of phenolic OH excluding ortho intramolecular Hbond substituents is 1.